The smallest absolute Gasteiger partial charge is 0.321 e. The molecule has 0 saturated carbocycles. The third-order valence-electron chi connectivity index (χ3n) is 2.67. The first-order valence-electron chi connectivity index (χ1n) is 5.94. The van der Waals surface area contributed by atoms with Crippen LogP contribution in [0.25, 0.3) is 0 Å². The molecular weight excluding hydrogens is 291 g/mol. The molecule has 0 radical (unpaired) electrons. The van der Waals surface area contributed by atoms with E-state index in [2.05, 4.69) is 4.74 Å². The van der Waals surface area contributed by atoms with Gasteiger partial charge in [0.25, 0.3) is 0 Å². The van der Waals surface area contributed by atoms with Gasteiger partial charge in [0.15, 0.2) is 0 Å². The zero-order valence-corrected chi connectivity index (χ0v) is 12.4. The van der Waals surface area contributed by atoms with Gasteiger partial charge in [-0.25, -0.2) is 4.39 Å². The second-order valence-corrected chi connectivity index (χ2v) is 6.07. The summed E-state index contributed by atoms with van der Waals surface area (Å²) in [7, 11) is -0.337. The lowest BCUT2D eigenvalue weighted by Gasteiger charge is -2.14. The number of hydrogen-bond acceptors (Lipinski definition) is 3. The second kappa shape index (κ2) is 7.60. The number of carbonyl (C=O) groups excluding carboxylic acids is 1. The van der Waals surface area contributed by atoms with Gasteiger partial charge in [-0.1, -0.05) is 31.4 Å². The SMILES string of the molecule is CCCCC(C(=O)OC)S(=O)c1ccc(F)c(Cl)c1. The Hall–Kier alpha value is -0.940. The summed E-state index contributed by atoms with van der Waals surface area (Å²) in [5.41, 5.74) is 0. The molecule has 0 amide bonds. The molecule has 1 aromatic rings. The summed E-state index contributed by atoms with van der Waals surface area (Å²) in [6.45, 7) is 1.98. The van der Waals surface area contributed by atoms with Crippen LogP contribution in [-0.4, -0.2) is 22.5 Å². The number of rotatable bonds is 6. The van der Waals surface area contributed by atoms with Crippen molar-refractivity contribution >= 4 is 28.4 Å². The number of ether oxygens (including phenoxy) is 1. The van der Waals surface area contributed by atoms with Gasteiger partial charge in [0.1, 0.15) is 11.1 Å². The van der Waals surface area contributed by atoms with E-state index in [-0.39, 0.29) is 5.02 Å². The predicted octanol–water partition coefficient (Wildman–Crippen LogP) is 3.32. The molecule has 0 aliphatic rings. The molecule has 0 bridgehead atoms. The van der Waals surface area contributed by atoms with Crippen molar-refractivity contribution in [3.8, 4) is 0 Å². The first-order chi connectivity index (χ1) is 9.01. The Labute approximate surface area is 119 Å². The standard InChI is InChI=1S/C13H16ClFO3S/c1-3-4-5-12(13(16)18-2)19(17)9-6-7-11(15)10(14)8-9/h6-8,12H,3-5H2,1-2H3. The van der Waals surface area contributed by atoms with Gasteiger partial charge in [0.05, 0.1) is 22.9 Å². The molecule has 1 aromatic carbocycles. The maximum atomic E-state index is 13.1. The second-order valence-electron chi connectivity index (χ2n) is 4.03. The maximum absolute atomic E-state index is 13.1. The monoisotopic (exact) mass is 306 g/mol. The number of halogens is 2. The number of benzene rings is 1. The van der Waals surface area contributed by atoms with Crippen molar-refractivity contribution in [3.63, 3.8) is 0 Å². The molecule has 0 saturated heterocycles. The van der Waals surface area contributed by atoms with Crippen molar-refractivity contribution in [3.05, 3.63) is 29.0 Å². The highest BCUT2D eigenvalue weighted by Crippen LogP contribution is 2.22. The van der Waals surface area contributed by atoms with E-state index in [4.69, 9.17) is 11.6 Å². The highest BCUT2D eigenvalue weighted by molar-refractivity contribution is 7.86. The van der Waals surface area contributed by atoms with Crippen LogP contribution in [0.3, 0.4) is 0 Å². The Morgan fingerprint density at radius 2 is 2.21 bits per heavy atom. The summed E-state index contributed by atoms with van der Waals surface area (Å²) in [5.74, 6) is -1.10. The van der Waals surface area contributed by atoms with Crippen LogP contribution in [0.15, 0.2) is 23.1 Å². The van der Waals surface area contributed by atoms with Crippen molar-refractivity contribution in [2.45, 2.75) is 36.3 Å². The summed E-state index contributed by atoms with van der Waals surface area (Å²) in [6.07, 6.45) is 2.11. The Morgan fingerprint density at radius 3 is 2.74 bits per heavy atom. The highest BCUT2D eigenvalue weighted by atomic mass is 35.5. The number of unbranched alkanes of at least 4 members (excludes halogenated alkanes) is 1. The van der Waals surface area contributed by atoms with E-state index in [9.17, 15) is 13.4 Å². The van der Waals surface area contributed by atoms with Gasteiger partial charge >= 0.3 is 5.97 Å². The summed E-state index contributed by atoms with van der Waals surface area (Å²) < 4.78 is 30.1. The fraction of sp³-hybridized carbons (Fsp3) is 0.462. The number of carbonyl (C=O) groups is 1. The summed E-state index contributed by atoms with van der Waals surface area (Å²) in [6, 6.07) is 3.80. The van der Waals surface area contributed by atoms with Crippen molar-refractivity contribution in [2.75, 3.05) is 7.11 Å². The largest absolute Gasteiger partial charge is 0.468 e. The van der Waals surface area contributed by atoms with E-state index >= 15 is 0 Å². The first-order valence-corrected chi connectivity index (χ1v) is 7.53. The molecule has 2 unspecified atom stereocenters. The normalized spacial score (nSPS) is 13.9. The molecule has 19 heavy (non-hydrogen) atoms. The minimum atomic E-state index is -1.60. The number of esters is 1. The van der Waals surface area contributed by atoms with Crippen LogP contribution in [0, 0.1) is 5.82 Å². The first kappa shape index (κ1) is 16.1. The Kier molecular flexibility index (Phi) is 6.45. The van der Waals surface area contributed by atoms with Crippen LogP contribution < -0.4 is 0 Å². The molecule has 3 nitrogen and oxygen atoms in total. The zero-order chi connectivity index (χ0) is 14.4. The van der Waals surface area contributed by atoms with Crippen LogP contribution >= 0.6 is 11.6 Å². The van der Waals surface area contributed by atoms with Crippen molar-refractivity contribution in [1.82, 2.24) is 0 Å². The predicted molar refractivity (Wildman–Crippen MR) is 73.1 cm³/mol. The Morgan fingerprint density at radius 1 is 1.53 bits per heavy atom. The Bertz CT molecular complexity index is 479. The molecular formula is C13H16ClFO3S. The van der Waals surface area contributed by atoms with E-state index in [0.29, 0.717) is 11.3 Å². The number of methoxy groups -OCH3 is 1. The zero-order valence-electron chi connectivity index (χ0n) is 10.8. The van der Waals surface area contributed by atoms with Crippen LogP contribution in [0.5, 0.6) is 0 Å². The lowest BCUT2D eigenvalue weighted by Crippen LogP contribution is -2.27. The molecule has 2 atom stereocenters. The molecule has 0 aromatic heterocycles. The Balaban J connectivity index is 2.97. The van der Waals surface area contributed by atoms with Gasteiger partial charge in [0, 0.05) is 4.90 Å². The van der Waals surface area contributed by atoms with Crippen molar-refractivity contribution < 1.29 is 18.1 Å². The lowest BCUT2D eigenvalue weighted by atomic mass is 10.2. The van der Waals surface area contributed by atoms with Crippen LogP contribution in [0.4, 0.5) is 4.39 Å². The molecule has 6 heteroatoms. The summed E-state index contributed by atoms with van der Waals surface area (Å²) in [4.78, 5) is 12.0. The summed E-state index contributed by atoms with van der Waals surface area (Å²) >= 11 is 5.65. The average Bonchev–Trinajstić information content (AvgIpc) is 2.41. The van der Waals surface area contributed by atoms with Crippen LogP contribution in [0.2, 0.25) is 5.02 Å². The van der Waals surface area contributed by atoms with E-state index < -0.39 is 27.8 Å². The van der Waals surface area contributed by atoms with Crippen LogP contribution in [0.1, 0.15) is 26.2 Å². The molecule has 0 aliphatic heterocycles. The van der Waals surface area contributed by atoms with E-state index in [1.54, 1.807) is 0 Å². The fourth-order valence-electron chi connectivity index (χ4n) is 1.60. The molecule has 1 rings (SSSR count). The molecule has 0 spiro atoms. The van der Waals surface area contributed by atoms with Gasteiger partial charge in [-0.05, 0) is 24.6 Å². The van der Waals surface area contributed by atoms with Gasteiger partial charge in [0.2, 0.25) is 0 Å². The quantitative estimate of drug-likeness (QED) is 0.757. The van der Waals surface area contributed by atoms with Gasteiger partial charge in [-0.15, -0.1) is 0 Å². The molecule has 0 heterocycles. The molecule has 0 aliphatic carbocycles. The molecule has 0 fully saturated rings. The van der Waals surface area contributed by atoms with E-state index in [1.165, 1.54) is 19.2 Å². The maximum Gasteiger partial charge on any atom is 0.321 e. The van der Waals surface area contributed by atoms with E-state index in [0.717, 1.165) is 18.9 Å². The average molecular weight is 307 g/mol. The molecule has 106 valence electrons. The third-order valence-corrected chi connectivity index (χ3v) is 4.62. The third kappa shape index (κ3) is 4.28. The van der Waals surface area contributed by atoms with Crippen LogP contribution in [-0.2, 0) is 20.3 Å². The van der Waals surface area contributed by atoms with Gasteiger partial charge in [-0.2, -0.15) is 0 Å². The van der Waals surface area contributed by atoms with E-state index in [1.807, 2.05) is 6.92 Å². The number of hydrogen-bond donors (Lipinski definition) is 0. The fourth-order valence-corrected chi connectivity index (χ4v) is 3.26. The minimum absolute atomic E-state index is 0.107. The van der Waals surface area contributed by atoms with Gasteiger partial charge in [-0.3, -0.25) is 9.00 Å². The van der Waals surface area contributed by atoms with Gasteiger partial charge < -0.3 is 4.74 Å². The van der Waals surface area contributed by atoms with Crippen molar-refractivity contribution in [1.29, 1.82) is 0 Å². The highest BCUT2D eigenvalue weighted by Gasteiger charge is 2.27. The minimum Gasteiger partial charge on any atom is -0.468 e. The molecule has 0 N–H and O–H groups in total. The van der Waals surface area contributed by atoms with Crippen molar-refractivity contribution in [2.24, 2.45) is 0 Å². The lowest BCUT2D eigenvalue weighted by molar-refractivity contribution is -0.140. The summed E-state index contributed by atoms with van der Waals surface area (Å²) in [5, 5.41) is -0.851. The topological polar surface area (TPSA) is 43.4 Å².